The van der Waals surface area contributed by atoms with Gasteiger partial charge < -0.3 is 18.1 Å². The maximum absolute atomic E-state index is 13.7. The molecule has 0 atom stereocenters. The maximum Gasteiger partial charge on any atom is 0.278 e. The van der Waals surface area contributed by atoms with E-state index >= 15 is 0 Å². The molecule has 0 saturated carbocycles. The first-order valence-corrected chi connectivity index (χ1v) is 11.2. The Hall–Kier alpha value is -5.10. The molecule has 1 aliphatic rings. The molecular formula is C26H17ClN6O5. The average Bonchev–Trinajstić information content (AvgIpc) is 2.90. The third-order valence-electron chi connectivity index (χ3n) is 6.64. The molecule has 0 spiro atoms. The molecular weight excluding hydrogens is 512 g/mol. The van der Waals surface area contributed by atoms with Crippen molar-refractivity contribution >= 4 is 22.7 Å². The molecule has 2 aromatic carbocycles. The zero-order valence-corrected chi connectivity index (χ0v) is 20.4. The molecule has 38 heavy (non-hydrogen) atoms. The van der Waals surface area contributed by atoms with Crippen molar-refractivity contribution in [1.29, 1.82) is 10.5 Å². The van der Waals surface area contributed by atoms with Crippen LogP contribution in [0.25, 0.3) is 27.8 Å². The van der Waals surface area contributed by atoms with E-state index in [4.69, 9.17) is 0 Å². The number of aromatic nitrogens is 1. The number of nitriles is 2. The monoisotopic (exact) mass is 528 g/mol. The second kappa shape index (κ2) is 9.75. The van der Waals surface area contributed by atoms with E-state index < -0.39 is 15.4 Å². The van der Waals surface area contributed by atoms with Crippen LogP contribution in [0, 0.1) is 42.9 Å². The molecule has 12 heteroatoms. The van der Waals surface area contributed by atoms with Crippen LogP contribution < -0.4 is 23.7 Å². The molecule has 11 nitrogen and oxygen atoms in total. The Labute approximate surface area is 220 Å². The number of aryl methyl sites for hydroxylation is 2. The van der Waals surface area contributed by atoms with Gasteiger partial charge in [-0.1, -0.05) is 24.3 Å². The lowest BCUT2D eigenvalue weighted by Crippen LogP contribution is -3.00. The van der Waals surface area contributed by atoms with Crippen LogP contribution in [-0.2, 0) is 12.8 Å². The van der Waals surface area contributed by atoms with Crippen LogP contribution in [0.5, 0.6) is 0 Å². The van der Waals surface area contributed by atoms with Crippen LogP contribution in [0.1, 0.15) is 28.7 Å². The lowest BCUT2D eigenvalue weighted by Gasteiger charge is -2.25. The van der Waals surface area contributed by atoms with E-state index in [1.165, 1.54) is 40.8 Å². The first-order valence-electron chi connectivity index (χ1n) is 11.2. The highest BCUT2D eigenvalue weighted by Crippen LogP contribution is 2.42. The van der Waals surface area contributed by atoms with Crippen LogP contribution in [0.4, 0.5) is 17.2 Å². The van der Waals surface area contributed by atoms with Crippen LogP contribution >= 0.6 is 0 Å². The van der Waals surface area contributed by atoms with Gasteiger partial charge in [0.05, 0.1) is 15.4 Å². The summed E-state index contributed by atoms with van der Waals surface area (Å²) in [5.41, 5.74) is 6.18. The predicted octanol–water partition coefficient (Wildman–Crippen LogP) is 0.559. The number of rotatable bonds is 4. The first-order chi connectivity index (χ1) is 17.8. The number of pyridine rings is 2. The van der Waals surface area contributed by atoms with E-state index in [0.29, 0.717) is 58.2 Å². The summed E-state index contributed by atoms with van der Waals surface area (Å²) in [6.07, 6.45) is 1.56. The van der Waals surface area contributed by atoms with Gasteiger partial charge in [0, 0.05) is 35.4 Å². The van der Waals surface area contributed by atoms with E-state index in [9.17, 15) is 35.5 Å². The Balaban J connectivity index is 0.00000336. The van der Waals surface area contributed by atoms with E-state index in [2.05, 4.69) is 11.8 Å². The van der Waals surface area contributed by atoms with Gasteiger partial charge in [-0.2, -0.15) is 10.5 Å². The quantitative estimate of drug-likeness (QED) is 0.296. The number of hydrogen-bond acceptors (Lipinski definition) is 7. The summed E-state index contributed by atoms with van der Waals surface area (Å²) in [5.74, 6) is 0.0676. The second-order valence-electron chi connectivity index (χ2n) is 8.59. The Morgan fingerprint density at radius 2 is 1.32 bits per heavy atom. The SMILES string of the molecule is N#Cc1c(-c2cccc([N+](=O)[O-])c2)c2c3c(c(-c4cccc([N+](=O)[O-])c4)c(C#N)c(=O)n3c1[NH3+])CCC2.[Cl-]. The minimum atomic E-state index is -0.682. The minimum Gasteiger partial charge on any atom is -1.00 e. The van der Waals surface area contributed by atoms with Crippen LogP contribution in [0.3, 0.4) is 0 Å². The Bertz CT molecular complexity index is 1820. The van der Waals surface area contributed by atoms with E-state index in [1.807, 2.05) is 6.07 Å². The highest BCUT2D eigenvalue weighted by Gasteiger charge is 2.31. The van der Waals surface area contributed by atoms with Crippen molar-refractivity contribution in [3.63, 3.8) is 0 Å². The zero-order chi connectivity index (χ0) is 26.4. The molecule has 0 unspecified atom stereocenters. The molecule has 0 aliphatic heterocycles. The lowest BCUT2D eigenvalue weighted by molar-refractivity contribution is -0.385. The van der Waals surface area contributed by atoms with Crippen molar-refractivity contribution < 1.29 is 28.0 Å². The summed E-state index contributed by atoms with van der Waals surface area (Å²) in [6, 6.07) is 15.7. The number of benzene rings is 2. The number of nitro groups is 2. The molecule has 0 radical (unpaired) electrons. The number of quaternary nitrogens is 1. The van der Waals surface area contributed by atoms with Gasteiger partial charge in [0.25, 0.3) is 16.9 Å². The predicted molar refractivity (Wildman–Crippen MR) is 132 cm³/mol. The van der Waals surface area contributed by atoms with Gasteiger partial charge in [-0.3, -0.25) is 25.0 Å². The van der Waals surface area contributed by atoms with E-state index in [-0.39, 0.29) is 40.7 Å². The van der Waals surface area contributed by atoms with Gasteiger partial charge in [-0.15, -0.1) is 0 Å². The summed E-state index contributed by atoms with van der Waals surface area (Å²) in [7, 11) is 0. The molecule has 0 saturated heterocycles. The smallest absolute Gasteiger partial charge is 0.278 e. The standard InChI is InChI=1S/C26H16N6O5.ClH/c27-12-20-22(14-4-1-6-16(10-14)31(34)35)18-8-3-9-19-23(15-5-2-7-17(11-15)32(36)37)21(13-28)26(33)30(24(18)19)25(20)29;/h1-2,4-7,10-11H,3,8-9,29H2;1H. The number of nitro benzene ring substituents is 2. The molecule has 1 aliphatic carbocycles. The Morgan fingerprint density at radius 3 is 1.76 bits per heavy atom. The molecule has 2 aromatic heterocycles. The molecule has 3 N–H and O–H groups in total. The summed E-state index contributed by atoms with van der Waals surface area (Å²) in [5, 5.41) is 42.9. The molecule has 0 fully saturated rings. The van der Waals surface area contributed by atoms with Crippen molar-refractivity contribution in [3.8, 4) is 34.4 Å². The number of nitrogens with zero attached hydrogens (tertiary/aromatic N) is 5. The lowest BCUT2D eigenvalue weighted by atomic mass is 9.82. The molecule has 188 valence electrons. The fourth-order valence-corrected chi connectivity index (χ4v) is 5.16. The van der Waals surface area contributed by atoms with E-state index in [0.717, 1.165) is 0 Å². The second-order valence-corrected chi connectivity index (χ2v) is 8.59. The number of hydrogen-bond donors (Lipinski definition) is 1. The Kier molecular flexibility index (Phi) is 6.66. The zero-order valence-electron chi connectivity index (χ0n) is 19.6. The summed E-state index contributed by atoms with van der Waals surface area (Å²) in [4.78, 5) is 35.4. The summed E-state index contributed by atoms with van der Waals surface area (Å²) in [6.45, 7) is 0. The first kappa shape index (κ1) is 26.0. The molecule has 0 amide bonds. The largest absolute Gasteiger partial charge is 1.00 e. The summed E-state index contributed by atoms with van der Waals surface area (Å²) < 4.78 is 1.27. The highest BCUT2D eigenvalue weighted by atomic mass is 35.5. The van der Waals surface area contributed by atoms with Crippen molar-refractivity contribution in [2.24, 2.45) is 0 Å². The van der Waals surface area contributed by atoms with Crippen molar-refractivity contribution in [2.75, 3.05) is 0 Å². The molecule has 5 rings (SSSR count). The van der Waals surface area contributed by atoms with Crippen LogP contribution in [0.2, 0.25) is 0 Å². The minimum absolute atomic E-state index is 0. The number of non-ortho nitro benzene ring substituents is 2. The fraction of sp³-hybridized carbons (Fsp3) is 0.115. The molecule has 4 aromatic rings. The average molecular weight is 529 g/mol. The third kappa shape index (κ3) is 3.83. The van der Waals surface area contributed by atoms with Crippen molar-refractivity contribution in [3.05, 3.63) is 101 Å². The third-order valence-corrected chi connectivity index (χ3v) is 6.64. The van der Waals surface area contributed by atoms with E-state index in [1.54, 1.807) is 12.1 Å². The normalized spacial score (nSPS) is 11.8. The van der Waals surface area contributed by atoms with Gasteiger partial charge in [-0.05, 0) is 41.5 Å². The fourth-order valence-electron chi connectivity index (χ4n) is 5.16. The van der Waals surface area contributed by atoms with Gasteiger partial charge >= 0.3 is 0 Å². The van der Waals surface area contributed by atoms with Crippen LogP contribution in [0.15, 0.2) is 53.3 Å². The summed E-state index contributed by atoms with van der Waals surface area (Å²) >= 11 is 0. The maximum atomic E-state index is 13.7. The number of halogens is 1. The highest BCUT2D eigenvalue weighted by molar-refractivity contribution is 5.90. The molecule has 0 bridgehead atoms. The van der Waals surface area contributed by atoms with Crippen molar-refractivity contribution in [2.45, 2.75) is 19.3 Å². The topological polar surface area (TPSA) is 183 Å². The van der Waals surface area contributed by atoms with Gasteiger partial charge in [0.1, 0.15) is 23.3 Å². The van der Waals surface area contributed by atoms with Gasteiger partial charge in [0.2, 0.25) is 5.82 Å². The van der Waals surface area contributed by atoms with Gasteiger partial charge in [-0.25, -0.2) is 4.40 Å². The molecule has 2 heterocycles. The van der Waals surface area contributed by atoms with Crippen molar-refractivity contribution in [1.82, 2.24) is 4.40 Å². The van der Waals surface area contributed by atoms with Crippen LogP contribution in [-0.4, -0.2) is 14.2 Å². The Morgan fingerprint density at radius 1 is 0.842 bits per heavy atom. The van der Waals surface area contributed by atoms with Gasteiger partial charge in [0.15, 0.2) is 0 Å².